The maximum atomic E-state index is 11.0. The van der Waals surface area contributed by atoms with Gasteiger partial charge in [0, 0.05) is 18.8 Å². The maximum Gasteiger partial charge on any atom is 0.311 e. The van der Waals surface area contributed by atoms with Crippen LogP contribution in [0.3, 0.4) is 0 Å². The minimum atomic E-state index is -0.487. The largest absolute Gasteiger partial charge is 0.373 e. The number of nitro groups is 1. The summed E-state index contributed by atoms with van der Waals surface area (Å²) in [5.74, 6) is 0.698. The van der Waals surface area contributed by atoms with Gasteiger partial charge in [-0.3, -0.25) is 10.1 Å². The molecule has 0 amide bonds. The summed E-state index contributed by atoms with van der Waals surface area (Å²) < 4.78 is 0. The number of benzene rings is 1. The van der Waals surface area contributed by atoms with Crippen molar-refractivity contribution in [2.75, 3.05) is 17.7 Å². The third-order valence-corrected chi connectivity index (χ3v) is 2.83. The van der Waals surface area contributed by atoms with Gasteiger partial charge in [-0.1, -0.05) is 12.1 Å². The highest BCUT2D eigenvalue weighted by atomic mass is 16.6. The lowest BCUT2D eigenvalue weighted by atomic mass is 10.1. The van der Waals surface area contributed by atoms with Crippen molar-refractivity contribution < 1.29 is 4.92 Å². The summed E-state index contributed by atoms with van der Waals surface area (Å²) in [4.78, 5) is 14.7. The fraction of sp³-hybridized carbons (Fsp3) is 0.143. The van der Waals surface area contributed by atoms with E-state index in [0.29, 0.717) is 17.9 Å². The Labute approximate surface area is 121 Å². The average molecular weight is 283 g/mol. The predicted molar refractivity (Wildman–Crippen MR) is 79.5 cm³/mol. The van der Waals surface area contributed by atoms with Crippen molar-refractivity contribution in [1.29, 1.82) is 5.26 Å². The molecule has 0 aliphatic carbocycles. The van der Waals surface area contributed by atoms with Crippen LogP contribution in [0.4, 0.5) is 23.0 Å². The Morgan fingerprint density at radius 1 is 1.29 bits per heavy atom. The van der Waals surface area contributed by atoms with Crippen LogP contribution in [0.5, 0.6) is 0 Å². The molecule has 0 aliphatic rings. The summed E-state index contributed by atoms with van der Waals surface area (Å²) in [5.41, 5.74) is 1.45. The van der Waals surface area contributed by atoms with E-state index in [4.69, 9.17) is 5.26 Å². The predicted octanol–water partition coefficient (Wildman–Crippen LogP) is 2.84. The Kier molecular flexibility index (Phi) is 4.31. The number of pyridine rings is 1. The summed E-state index contributed by atoms with van der Waals surface area (Å²) in [7, 11) is 1.69. The van der Waals surface area contributed by atoms with Gasteiger partial charge in [0.2, 0.25) is 5.82 Å². The van der Waals surface area contributed by atoms with Gasteiger partial charge in [0.1, 0.15) is 5.82 Å². The fourth-order valence-electron chi connectivity index (χ4n) is 1.76. The number of nitrogens with zero attached hydrogens (tertiary/aromatic N) is 3. The lowest BCUT2D eigenvalue weighted by Crippen LogP contribution is -2.02. The van der Waals surface area contributed by atoms with Gasteiger partial charge in [0.15, 0.2) is 0 Å². The lowest BCUT2D eigenvalue weighted by molar-refractivity contribution is -0.384. The van der Waals surface area contributed by atoms with Gasteiger partial charge in [-0.05, 0) is 23.8 Å². The number of hydrogen-bond acceptors (Lipinski definition) is 6. The monoisotopic (exact) mass is 283 g/mol. The minimum Gasteiger partial charge on any atom is -0.373 e. The van der Waals surface area contributed by atoms with E-state index in [2.05, 4.69) is 21.7 Å². The third kappa shape index (κ3) is 3.45. The minimum absolute atomic E-state index is 0.102. The summed E-state index contributed by atoms with van der Waals surface area (Å²) >= 11 is 0. The van der Waals surface area contributed by atoms with E-state index in [1.165, 1.54) is 6.07 Å². The Morgan fingerprint density at radius 2 is 2.00 bits per heavy atom. The van der Waals surface area contributed by atoms with E-state index in [1.807, 2.05) is 0 Å². The molecule has 7 heteroatoms. The number of rotatable bonds is 5. The standard InChI is InChI=1S/C14H13N5O2/c1-16-13-7-6-12(19(20)21)14(18-13)17-11-4-2-10(3-5-11)8-9-15/h2-7H,8H2,1H3,(H2,16,17,18). The highest BCUT2D eigenvalue weighted by Gasteiger charge is 2.16. The van der Waals surface area contributed by atoms with Crippen LogP contribution in [0.1, 0.15) is 5.56 Å². The van der Waals surface area contributed by atoms with E-state index in [-0.39, 0.29) is 11.5 Å². The third-order valence-electron chi connectivity index (χ3n) is 2.83. The second-order valence-electron chi connectivity index (χ2n) is 4.23. The Hall–Kier alpha value is -3.14. The van der Waals surface area contributed by atoms with Crippen LogP contribution in [-0.4, -0.2) is 17.0 Å². The van der Waals surface area contributed by atoms with Crippen molar-refractivity contribution in [3.8, 4) is 6.07 Å². The smallest absolute Gasteiger partial charge is 0.311 e. The SMILES string of the molecule is CNc1ccc([N+](=O)[O-])c(Nc2ccc(CC#N)cc2)n1. The number of nitriles is 1. The van der Waals surface area contributed by atoms with Crippen molar-refractivity contribution in [2.45, 2.75) is 6.42 Å². The first-order valence-electron chi connectivity index (χ1n) is 6.20. The molecule has 21 heavy (non-hydrogen) atoms. The van der Waals surface area contributed by atoms with Crippen LogP contribution >= 0.6 is 0 Å². The first-order chi connectivity index (χ1) is 10.1. The summed E-state index contributed by atoms with van der Waals surface area (Å²) in [6, 6.07) is 12.1. The van der Waals surface area contributed by atoms with Crippen molar-refractivity contribution in [3.63, 3.8) is 0 Å². The Bertz CT molecular complexity index is 692. The van der Waals surface area contributed by atoms with E-state index in [0.717, 1.165) is 5.56 Å². The molecule has 0 atom stereocenters. The van der Waals surface area contributed by atoms with Crippen LogP contribution in [0.2, 0.25) is 0 Å². The Balaban J connectivity index is 2.29. The Morgan fingerprint density at radius 3 is 2.57 bits per heavy atom. The second-order valence-corrected chi connectivity index (χ2v) is 4.23. The van der Waals surface area contributed by atoms with Crippen LogP contribution < -0.4 is 10.6 Å². The molecule has 2 rings (SSSR count). The first kappa shape index (κ1) is 14.3. The summed E-state index contributed by atoms with van der Waals surface area (Å²) in [6.45, 7) is 0. The van der Waals surface area contributed by atoms with Gasteiger partial charge in [0.25, 0.3) is 0 Å². The molecule has 0 fully saturated rings. The molecule has 0 unspecified atom stereocenters. The van der Waals surface area contributed by atoms with E-state index >= 15 is 0 Å². The van der Waals surface area contributed by atoms with Gasteiger partial charge in [-0.25, -0.2) is 4.98 Å². The molecule has 0 saturated heterocycles. The molecule has 2 N–H and O–H groups in total. The number of hydrogen-bond donors (Lipinski definition) is 2. The molecule has 1 aromatic heterocycles. The maximum absolute atomic E-state index is 11.0. The van der Waals surface area contributed by atoms with Crippen LogP contribution in [0, 0.1) is 21.4 Å². The summed E-state index contributed by atoms with van der Waals surface area (Å²) in [6.07, 6.45) is 0.327. The number of nitrogens with one attached hydrogen (secondary N) is 2. The van der Waals surface area contributed by atoms with Crippen molar-refractivity contribution in [1.82, 2.24) is 4.98 Å². The molecule has 0 aliphatic heterocycles. The van der Waals surface area contributed by atoms with E-state index in [1.54, 1.807) is 37.4 Å². The average Bonchev–Trinajstić information content (AvgIpc) is 2.49. The lowest BCUT2D eigenvalue weighted by Gasteiger charge is -2.08. The highest BCUT2D eigenvalue weighted by Crippen LogP contribution is 2.27. The molecule has 1 heterocycles. The highest BCUT2D eigenvalue weighted by molar-refractivity contribution is 5.67. The molecule has 0 radical (unpaired) electrons. The first-order valence-corrected chi connectivity index (χ1v) is 6.20. The van der Waals surface area contributed by atoms with Crippen molar-refractivity contribution >= 4 is 23.0 Å². The molecular weight excluding hydrogens is 270 g/mol. The van der Waals surface area contributed by atoms with Crippen molar-refractivity contribution in [3.05, 3.63) is 52.1 Å². The molecule has 0 spiro atoms. The molecular formula is C14H13N5O2. The molecule has 0 bridgehead atoms. The zero-order valence-electron chi connectivity index (χ0n) is 11.3. The van der Waals surface area contributed by atoms with Gasteiger partial charge in [0.05, 0.1) is 17.4 Å². The zero-order chi connectivity index (χ0) is 15.2. The molecule has 106 valence electrons. The van der Waals surface area contributed by atoms with Crippen LogP contribution in [0.25, 0.3) is 0 Å². The van der Waals surface area contributed by atoms with Crippen LogP contribution in [0.15, 0.2) is 36.4 Å². The van der Waals surface area contributed by atoms with Gasteiger partial charge < -0.3 is 10.6 Å². The van der Waals surface area contributed by atoms with Gasteiger partial charge in [-0.2, -0.15) is 5.26 Å². The quantitative estimate of drug-likeness (QED) is 0.646. The van der Waals surface area contributed by atoms with Gasteiger partial charge >= 0.3 is 5.69 Å². The second kappa shape index (κ2) is 6.34. The number of aromatic nitrogens is 1. The van der Waals surface area contributed by atoms with Gasteiger partial charge in [-0.15, -0.1) is 0 Å². The zero-order valence-corrected chi connectivity index (χ0v) is 11.3. The topological polar surface area (TPSA) is 104 Å². The summed E-state index contributed by atoms with van der Waals surface area (Å²) in [5, 5.41) is 25.4. The molecule has 0 saturated carbocycles. The van der Waals surface area contributed by atoms with Crippen LogP contribution in [-0.2, 0) is 6.42 Å². The normalized spacial score (nSPS) is 9.71. The van der Waals surface area contributed by atoms with E-state index < -0.39 is 4.92 Å². The fourth-order valence-corrected chi connectivity index (χ4v) is 1.76. The molecule has 7 nitrogen and oxygen atoms in total. The van der Waals surface area contributed by atoms with Crippen molar-refractivity contribution in [2.24, 2.45) is 0 Å². The number of anilines is 3. The molecule has 1 aromatic carbocycles. The van der Waals surface area contributed by atoms with E-state index in [9.17, 15) is 10.1 Å². The molecule has 2 aromatic rings.